The van der Waals surface area contributed by atoms with E-state index in [9.17, 15) is 5.11 Å². The van der Waals surface area contributed by atoms with Gasteiger partial charge in [0.25, 0.3) is 0 Å². The van der Waals surface area contributed by atoms with Gasteiger partial charge in [0.15, 0.2) is 0 Å². The average molecular weight is 257 g/mol. The van der Waals surface area contributed by atoms with Crippen LogP contribution in [0, 0.1) is 0 Å². The van der Waals surface area contributed by atoms with E-state index in [-0.39, 0.29) is 6.10 Å². The standard InChI is InChI=1S/C16H35NO/c1-4-5-6-7-8-9-10-11-12-13-16(18)14-15-17(2)3/h16,18H,4-15H2,1-3H3. The lowest BCUT2D eigenvalue weighted by Gasteiger charge is -2.14. The Morgan fingerprint density at radius 2 is 1.28 bits per heavy atom. The molecular weight excluding hydrogens is 222 g/mol. The Labute approximate surface area is 115 Å². The van der Waals surface area contributed by atoms with Gasteiger partial charge in [-0.2, -0.15) is 0 Å². The van der Waals surface area contributed by atoms with Crippen LogP contribution in [0.1, 0.15) is 77.6 Å². The molecule has 0 amide bonds. The van der Waals surface area contributed by atoms with Gasteiger partial charge in [0.05, 0.1) is 6.10 Å². The number of nitrogens with zero attached hydrogens (tertiary/aromatic N) is 1. The number of rotatable bonds is 13. The summed E-state index contributed by atoms with van der Waals surface area (Å²) in [6.45, 7) is 3.26. The Morgan fingerprint density at radius 1 is 0.778 bits per heavy atom. The van der Waals surface area contributed by atoms with Crippen molar-refractivity contribution < 1.29 is 5.11 Å². The lowest BCUT2D eigenvalue weighted by Crippen LogP contribution is -2.19. The number of aliphatic hydroxyl groups is 1. The summed E-state index contributed by atoms with van der Waals surface area (Å²) in [5.74, 6) is 0. The highest BCUT2D eigenvalue weighted by atomic mass is 16.3. The van der Waals surface area contributed by atoms with Crippen molar-refractivity contribution in [1.29, 1.82) is 0 Å². The van der Waals surface area contributed by atoms with Crippen molar-refractivity contribution >= 4 is 0 Å². The highest BCUT2D eigenvalue weighted by Gasteiger charge is 2.04. The summed E-state index contributed by atoms with van der Waals surface area (Å²) in [7, 11) is 4.12. The zero-order valence-electron chi connectivity index (χ0n) is 13.0. The molecule has 1 atom stereocenters. The minimum atomic E-state index is -0.0862. The molecule has 0 aromatic heterocycles. The van der Waals surface area contributed by atoms with Gasteiger partial charge in [-0.25, -0.2) is 0 Å². The van der Waals surface area contributed by atoms with Crippen LogP contribution in [0.2, 0.25) is 0 Å². The fourth-order valence-electron chi connectivity index (χ4n) is 2.24. The number of aliphatic hydroxyl groups excluding tert-OH is 1. The molecule has 0 saturated heterocycles. The molecule has 0 aliphatic carbocycles. The van der Waals surface area contributed by atoms with E-state index in [1.54, 1.807) is 0 Å². The first kappa shape index (κ1) is 17.9. The topological polar surface area (TPSA) is 23.5 Å². The van der Waals surface area contributed by atoms with Crippen molar-refractivity contribution in [2.45, 2.75) is 83.7 Å². The van der Waals surface area contributed by atoms with Crippen LogP contribution in [0.5, 0.6) is 0 Å². The predicted octanol–water partition coefficient (Wildman–Crippen LogP) is 4.22. The van der Waals surface area contributed by atoms with E-state index < -0.39 is 0 Å². The van der Waals surface area contributed by atoms with Crippen molar-refractivity contribution in [3.05, 3.63) is 0 Å². The maximum Gasteiger partial charge on any atom is 0.0552 e. The van der Waals surface area contributed by atoms with Crippen molar-refractivity contribution in [3.63, 3.8) is 0 Å². The van der Waals surface area contributed by atoms with E-state index in [0.717, 1.165) is 19.4 Å². The summed E-state index contributed by atoms with van der Waals surface area (Å²) < 4.78 is 0. The fraction of sp³-hybridized carbons (Fsp3) is 1.00. The summed E-state index contributed by atoms with van der Waals surface area (Å²) in [4.78, 5) is 2.14. The Hall–Kier alpha value is -0.0800. The summed E-state index contributed by atoms with van der Waals surface area (Å²) >= 11 is 0. The molecule has 1 unspecified atom stereocenters. The molecule has 0 aliphatic rings. The van der Waals surface area contributed by atoms with Gasteiger partial charge in [0, 0.05) is 0 Å². The Balaban J connectivity index is 3.10. The highest BCUT2D eigenvalue weighted by molar-refractivity contribution is 4.58. The third-order valence-electron chi connectivity index (χ3n) is 3.55. The zero-order valence-corrected chi connectivity index (χ0v) is 13.0. The number of hydrogen-bond donors (Lipinski definition) is 1. The van der Waals surface area contributed by atoms with E-state index in [4.69, 9.17) is 0 Å². The van der Waals surface area contributed by atoms with Crippen LogP contribution in [0.15, 0.2) is 0 Å². The van der Waals surface area contributed by atoms with E-state index in [1.807, 2.05) is 0 Å². The van der Waals surface area contributed by atoms with E-state index in [1.165, 1.54) is 57.8 Å². The normalized spacial score (nSPS) is 13.2. The molecule has 0 fully saturated rings. The van der Waals surface area contributed by atoms with Gasteiger partial charge in [-0.3, -0.25) is 0 Å². The Morgan fingerprint density at radius 3 is 1.78 bits per heavy atom. The van der Waals surface area contributed by atoms with Gasteiger partial charge in [-0.05, 0) is 33.5 Å². The predicted molar refractivity (Wildman–Crippen MR) is 81.0 cm³/mol. The van der Waals surface area contributed by atoms with Crippen LogP contribution in [0.4, 0.5) is 0 Å². The van der Waals surface area contributed by atoms with E-state index in [2.05, 4.69) is 25.9 Å². The van der Waals surface area contributed by atoms with Crippen molar-refractivity contribution in [1.82, 2.24) is 4.90 Å². The Bertz CT molecular complexity index is 159. The van der Waals surface area contributed by atoms with Crippen LogP contribution < -0.4 is 0 Å². The molecule has 2 heteroatoms. The largest absolute Gasteiger partial charge is 0.393 e. The maximum absolute atomic E-state index is 9.77. The second-order valence-electron chi connectivity index (χ2n) is 5.86. The summed E-state index contributed by atoms with van der Waals surface area (Å²) in [6, 6.07) is 0. The summed E-state index contributed by atoms with van der Waals surface area (Å²) in [5.41, 5.74) is 0. The molecule has 0 heterocycles. The first-order chi connectivity index (χ1) is 8.66. The van der Waals surface area contributed by atoms with Crippen molar-refractivity contribution in [3.8, 4) is 0 Å². The average Bonchev–Trinajstić information content (AvgIpc) is 2.34. The van der Waals surface area contributed by atoms with Gasteiger partial charge in [0.1, 0.15) is 0 Å². The molecule has 0 aromatic carbocycles. The highest BCUT2D eigenvalue weighted by Crippen LogP contribution is 2.12. The second-order valence-corrected chi connectivity index (χ2v) is 5.86. The van der Waals surface area contributed by atoms with Gasteiger partial charge in [0.2, 0.25) is 0 Å². The maximum atomic E-state index is 9.77. The molecule has 110 valence electrons. The molecule has 0 radical (unpaired) electrons. The molecule has 0 aliphatic heterocycles. The van der Waals surface area contributed by atoms with Crippen molar-refractivity contribution in [2.24, 2.45) is 0 Å². The third kappa shape index (κ3) is 14.0. The number of hydrogen-bond acceptors (Lipinski definition) is 2. The van der Waals surface area contributed by atoms with Crippen LogP contribution in [-0.4, -0.2) is 36.8 Å². The smallest absolute Gasteiger partial charge is 0.0552 e. The van der Waals surface area contributed by atoms with E-state index in [0.29, 0.717) is 0 Å². The lowest BCUT2D eigenvalue weighted by molar-refractivity contribution is 0.139. The fourth-order valence-corrected chi connectivity index (χ4v) is 2.24. The minimum Gasteiger partial charge on any atom is -0.393 e. The van der Waals surface area contributed by atoms with Gasteiger partial charge >= 0.3 is 0 Å². The van der Waals surface area contributed by atoms with Crippen LogP contribution in [0.25, 0.3) is 0 Å². The van der Waals surface area contributed by atoms with Gasteiger partial charge in [-0.1, -0.05) is 64.7 Å². The SMILES string of the molecule is CCCCCCCCCCCC(O)CCN(C)C. The molecule has 2 nitrogen and oxygen atoms in total. The van der Waals surface area contributed by atoms with Crippen LogP contribution in [-0.2, 0) is 0 Å². The number of unbranched alkanes of at least 4 members (excludes halogenated alkanes) is 8. The molecule has 18 heavy (non-hydrogen) atoms. The van der Waals surface area contributed by atoms with E-state index >= 15 is 0 Å². The Kier molecular flexibility index (Phi) is 13.3. The van der Waals surface area contributed by atoms with Gasteiger partial charge in [-0.15, -0.1) is 0 Å². The molecule has 0 spiro atoms. The summed E-state index contributed by atoms with van der Waals surface area (Å²) in [5, 5.41) is 9.77. The first-order valence-corrected chi connectivity index (χ1v) is 7.99. The lowest BCUT2D eigenvalue weighted by atomic mass is 10.0. The molecule has 0 aromatic rings. The monoisotopic (exact) mass is 257 g/mol. The third-order valence-corrected chi connectivity index (χ3v) is 3.55. The minimum absolute atomic E-state index is 0.0862. The second kappa shape index (κ2) is 13.4. The molecule has 0 saturated carbocycles. The van der Waals surface area contributed by atoms with Crippen LogP contribution >= 0.6 is 0 Å². The first-order valence-electron chi connectivity index (χ1n) is 7.99. The summed E-state index contributed by atoms with van der Waals surface area (Å²) in [6.07, 6.45) is 14.0. The molecular formula is C16H35NO. The van der Waals surface area contributed by atoms with Crippen LogP contribution in [0.3, 0.4) is 0 Å². The molecule has 0 rings (SSSR count). The molecule has 0 bridgehead atoms. The van der Waals surface area contributed by atoms with Crippen molar-refractivity contribution in [2.75, 3.05) is 20.6 Å². The quantitative estimate of drug-likeness (QED) is 0.499. The van der Waals surface area contributed by atoms with Gasteiger partial charge < -0.3 is 10.0 Å². The zero-order chi connectivity index (χ0) is 13.6. The molecule has 1 N–H and O–H groups in total.